The molecule has 0 aliphatic heterocycles. The number of amides is 2. The van der Waals surface area contributed by atoms with Crippen LogP contribution in [0.1, 0.15) is 21.5 Å². The summed E-state index contributed by atoms with van der Waals surface area (Å²) in [5.41, 5.74) is 5.17. The van der Waals surface area contributed by atoms with Crippen LogP contribution >= 0.6 is 34.7 Å². The van der Waals surface area contributed by atoms with Crippen LogP contribution < -0.4 is 10.6 Å². The van der Waals surface area contributed by atoms with E-state index in [9.17, 15) is 9.59 Å². The zero-order valence-electron chi connectivity index (χ0n) is 17.4. The van der Waals surface area contributed by atoms with Crippen molar-refractivity contribution in [2.75, 3.05) is 16.4 Å². The highest BCUT2D eigenvalue weighted by atomic mass is 35.5. The Morgan fingerprint density at radius 3 is 2.41 bits per heavy atom. The van der Waals surface area contributed by atoms with E-state index in [4.69, 9.17) is 11.6 Å². The van der Waals surface area contributed by atoms with Gasteiger partial charge in [0.25, 0.3) is 5.91 Å². The van der Waals surface area contributed by atoms with E-state index >= 15 is 0 Å². The number of halogens is 1. The molecule has 1 heterocycles. The quantitative estimate of drug-likeness (QED) is 0.306. The molecule has 2 N–H and O–H groups in total. The number of fused-ring (bicyclic) bond motifs is 1. The molecule has 4 aromatic rings. The average Bonchev–Trinajstić information content (AvgIpc) is 3.17. The van der Waals surface area contributed by atoms with Crippen molar-refractivity contribution in [3.8, 4) is 0 Å². The maximum Gasteiger partial charge on any atom is 0.255 e. The number of aryl methyl sites for hydroxylation is 2. The average molecular weight is 482 g/mol. The molecule has 4 rings (SSSR count). The fourth-order valence-corrected chi connectivity index (χ4v) is 5.02. The Morgan fingerprint density at radius 1 is 0.938 bits per heavy atom. The van der Waals surface area contributed by atoms with Crippen molar-refractivity contribution < 1.29 is 9.59 Å². The molecule has 5 nitrogen and oxygen atoms in total. The highest BCUT2D eigenvalue weighted by molar-refractivity contribution is 8.01. The molecule has 3 aromatic carbocycles. The molecule has 0 bridgehead atoms. The minimum atomic E-state index is -0.205. The van der Waals surface area contributed by atoms with Gasteiger partial charge in [-0.25, -0.2) is 4.98 Å². The first-order valence-corrected chi connectivity index (χ1v) is 12.0. The highest BCUT2D eigenvalue weighted by Gasteiger charge is 2.11. The molecule has 0 saturated heterocycles. The summed E-state index contributed by atoms with van der Waals surface area (Å²) in [6.07, 6.45) is 0. The van der Waals surface area contributed by atoms with Crippen LogP contribution in [0.2, 0.25) is 5.02 Å². The van der Waals surface area contributed by atoms with Gasteiger partial charge >= 0.3 is 0 Å². The normalized spacial score (nSPS) is 10.8. The predicted octanol–water partition coefficient (Wildman–Crippen LogP) is 6.55. The van der Waals surface area contributed by atoms with E-state index in [-0.39, 0.29) is 17.6 Å². The fraction of sp³-hybridized carbons (Fsp3) is 0.125. The molecule has 0 spiro atoms. The molecule has 0 saturated carbocycles. The molecular formula is C24H20ClN3O2S2. The maximum atomic E-state index is 12.4. The third-order valence-corrected chi connectivity index (χ3v) is 7.26. The van der Waals surface area contributed by atoms with Crippen molar-refractivity contribution in [3.63, 3.8) is 0 Å². The summed E-state index contributed by atoms with van der Waals surface area (Å²) in [6, 6.07) is 18.2. The Kier molecular flexibility index (Phi) is 6.79. The van der Waals surface area contributed by atoms with E-state index in [1.54, 1.807) is 24.3 Å². The summed E-state index contributed by atoms with van der Waals surface area (Å²) in [6.45, 7) is 4.06. The van der Waals surface area contributed by atoms with Gasteiger partial charge in [-0.15, -0.1) is 11.3 Å². The summed E-state index contributed by atoms with van der Waals surface area (Å²) in [7, 11) is 0. The topological polar surface area (TPSA) is 71.1 Å². The van der Waals surface area contributed by atoms with Gasteiger partial charge < -0.3 is 10.6 Å². The predicted molar refractivity (Wildman–Crippen MR) is 134 cm³/mol. The Labute approximate surface area is 199 Å². The van der Waals surface area contributed by atoms with Crippen LogP contribution in [-0.4, -0.2) is 22.6 Å². The van der Waals surface area contributed by atoms with E-state index in [0.29, 0.717) is 16.3 Å². The Morgan fingerprint density at radius 2 is 1.66 bits per heavy atom. The number of thiazole rings is 1. The molecule has 1 aromatic heterocycles. The minimum absolute atomic E-state index is 0.0755. The largest absolute Gasteiger partial charge is 0.325 e. The van der Waals surface area contributed by atoms with E-state index in [1.807, 2.05) is 50.2 Å². The molecule has 0 aliphatic rings. The van der Waals surface area contributed by atoms with Crippen molar-refractivity contribution in [3.05, 3.63) is 82.4 Å². The van der Waals surface area contributed by atoms with Crippen LogP contribution in [0, 0.1) is 13.8 Å². The zero-order valence-corrected chi connectivity index (χ0v) is 19.8. The number of benzene rings is 3. The van der Waals surface area contributed by atoms with Gasteiger partial charge in [0.2, 0.25) is 5.91 Å². The van der Waals surface area contributed by atoms with E-state index < -0.39 is 0 Å². The van der Waals surface area contributed by atoms with Crippen molar-refractivity contribution in [2.24, 2.45) is 0 Å². The molecular weight excluding hydrogens is 462 g/mol. The Hall–Kier alpha value is -2.87. The molecule has 0 aliphatic carbocycles. The highest BCUT2D eigenvalue weighted by Crippen LogP contribution is 2.31. The van der Waals surface area contributed by atoms with Crippen LogP contribution in [-0.2, 0) is 4.79 Å². The lowest BCUT2D eigenvalue weighted by atomic mass is 10.1. The van der Waals surface area contributed by atoms with Crippen molar-refractivity contribution in [1.29, 1.82) is 0 Å². The molecule has 0 radical (unpaired) electrons. The van der Waals surface area contributed by atoms with E-state index in [0.717, 1.165) is 25.8 Å². The third-order valence-electron chi connectivity index (χ3n) is 4.85. The smallest absolute Gasteiger partial charge is 0.255 e. The number of thioether (sulfide) groups is 1. The molecule has 8 heteroatoms. The van der Waals surface area contributed by atoms with Gasteiger partial charge in [0.15, 0.2) is 4.34 Å². The SMILES string of the molecule is Cc1ccc(NC(=O)CSc2nc3ccc(NC(=O)c4ccc(Cl)cc4)cc3s2)cc1C. The van der Waals surface area contributed by atoms with Gasteiger partial charge in [0.1, 0.15) is 0 Å². The Balaban J connectivity index is 1.38. The van der Waals surface area contributed by atoms with Crippen molar-refractivity contribution in [1.82, 2.24) is 4.98 Å². The second-order valence-corrected chi connectivity index (χ2v) is 9.95. The molecule has 2 amide bonds. The van der Waals surface area contributed by atoms with Gasteiger partial charge in [0.05, 0.1) is 16.0 Å². The number of carbonyl (C=O) groups is 2. The summed E-state index contributed by atoms with van der Waals surface area (Å²) < 4.78 is 1.74. The fourth-order valence-electron chi connectivity index (χ4n) is 2.99. The standard InChI is InChI=1S/C24H20ClN3O2S2/c1-14-3-8-18(11-15(14)2)26-22(29)13-31-24-28-20-10-9-19(12-21(20)32-24)27-23(30)16-4-6-17(25)7-5-16/h3-12H,13H2,1-2H3,(H,26,29)(H,27,30). The zero-order chi connectivity index (χ0) is 22.7. The van der Waals surface area contributed by atoms with Gasteiger partial charge in [0, 0.05) is 22.0 Å². The van der Waals surface area contributed by atoms with Crippen LogP contribution in [0.3, 0.4) is 0 Å². The lowest BCUT2D eigenvalue weighted by Gasteiger charge is -2.06. The number of nitrogens with zero attached hydrogens (tertiary/aromatic N) is 1. The van der Waals surface area contributed by atoms with Gasteiger partial charge in [-0.1, -0.05) is 29.4 Å². The summed E-state index contributed by atoms with van der Waals surface area (Å²) >= 11 is 8.76. The van der Waals surface area contributed by atoms with Crippen molar-refractivity contribution >= 4 is 68.1 Å². The molecule has 32 heavy (non-hydrogen) atoms. The number of nitrogens with one attached hydrogen (secondary N) is 2. The lowest BCUT2D eigenvalue weighted by molar-refractivity contribution is -0.113. The molecule has 0 fully saturated rings. The van der Waals surface area contributed by atoms with E-state index in [1.165, 1.54) is 28.7 Å². The maximum absolute atomic E-state index is 12.4. The minimum Gasteiger partial charge on any atom is -0.325 e. The van der Waals surface area contributed by atoms with Gasteiger partial charge in [-0.2, -0.15) is 0 Å². The number of hydrogen-bond acceptors (Lipinski definition) is 5. The molecule has 0 atom stereocenters. The summed E-state index contributed by atoms with van der Waals surface area (Å²) in [5, 5.41) is 6.40. The number of carbonyl (C=O) groups excluding carboxylic acids is 2. The number of rotatable bonds is 6. The van der Waals surface area contributed by atoms with Crippen molar-refractivity contribution in [2.45, 2.75) is 18.2 Å². The first kappa shape index (κ1) is 22.3. The Bertz CT molecular complexity index is 1300. The lowest BCUT2D eigenvalue weighted by Crippen LogP contribution is -2.14. The second-order valence-electron chi connectivity index (χ2n) is 7.26. The first-order valence-electron chi connectivity index (χ1n) is 9.85. The first-order chi connectivity index (χ1) is 15.4. The van der Waals surface area contributed by atoms with Crippen LogP contribution in [0.4, 0.5) is 11.4 Å². The number of anilines is 2. The number of aromatic nitrogens is 1. The summed E-state index contributed by atoms with van der Waals surface area (Å²) in [5.74, 6) is -0.0102. The van der Waals surface area contributed by atoms with Gasteiger partial charge in [-0.05, 0) is 79.6 Å². The van der Waals surface area contributed by atoms with Crippen LogP contribution in [0.15, 0.2) is 65.0 Å². The summed E-state index contributed by atoms with van der Waals surface area (Å²) in [4.78, 5) is 29.3. The monoisotopic (exact) mass is 481 g/mol. The number of hydrogen-bond donors (Lipinski definition) is 2. The van der Waals surface area contributed by atoms with Crippen LogP contribution in [0.25, 0.3) is 10.2 Å². The van der Waals surface area contributed by atoms with E-state index in [2.05, 4.69) is 15.6 Å². The molecule has 0 unspecified atom stereocenters. The van der Waals surface area contributed by atoms with Gasteiger partial charge in [-0.3, -0.25) is 9.59 Å². The third kappa shape index (κ3) is 5.48. The molecule has 162 valence electrons. The second kappa shape index (κ2) is 9.73. The van der Waals surface area contributed by atoms with Crippen LogP contribution in [0.5, 0.6) is 0 Å².